The maximum atomic E-state index is 12.4. The molecule has 0 aliphatic rings. The molecule has 0 radical (unpaired) electrons. The Labute approximate surface area is 191 Å². The molecule has 0 spiro atoms. The third-order valence-electron chi connectivity index (χ3n) is 4.40. The highest BCUT2D eigenvalue weighted by molar-refractivity contribution is 7.98. The molecule has 1 amide bonds. The molecule has 0 aliphatic heterocycles. The lowest BCUT2D eigenvalue weighted by Crippen LogP contribution is -2.26. The Morgan fingerprint density at radius 3 is 2.90 bits per heavy atom. The molecular formula is C21H17Cl2N3O2S2. The average molecular weight is 478 g/mol. The minimum absolute atomic E-state index is 0.204. The predicted molar refractivity (Wildman–Crippen MR) is 123 cm³/mol. The second-order valence-corrected chi connectivity index (χ2v) is 9.27. The summed E-state index contributed by atoms with van der Waals surface area (Å²) in [6.07, 6.45) is 0.617. The van der Waals surface area contributed by atoms with Crippen LogP contribution >= 0.6 is 46.3 Å². The molecule has 0 saturated heterocycles. The van der Waals surface area contributed by atoms with Gasteiger partial charge < -0.3 is 9.73 Å². The van der Waals surface area contributed by atoms with E-state index in [0.29, 0.717) is 39.7 Å². The zero-order valence-electron chi connectivity index (χ0n) is 15.9. The van der Waals surface area contributed by atoms with Crippen molar-refractivity contribution < 1.29 is 9.21 Å². The Bertz CT molecular complexity index is 1210. The number of aryl methyl sites for hydroxylation is 1. The number of carbonyl (C=O) groups is 1. The van der Waals surface area contributed by atoms with Gasteiger partial charge in [-0.2, -0.15) is 0 Å². The molecule has 2 aromatic carbocycles. The van der Waals surface area contributed by atoms with Gasteiger partial charge in [0.05, 0.1) is 5.75 Å². The van der Waals surface area contributed by atoms with Crippen molar-refractivity contribution in [1.29, 1.82) is 0 Å². The summed E-state index contributed by atoms with van der Waals surface area (Å²) in [6, 6.07) is 11.2. The number of benzene rings is 2. The highest BCUT2D eigenvalue weighted by atomic mass is 35.5. The average Bonchev–Trinajstić information content (AvgIpc) is 3.35. The van der Waals surface area contributed by atoms with Crippen molar-refractivity contribution in [3.05, 3.63) is 73.7 Å². The molecule has 4 rings (SSSR count). The number of rotatable bonds is 7. The van der Waals surface area contributed by atoms with E-state index in [1.54, 1.807) is 17.5 Å². The number of carbonyl (C=O) groups excluding carboxylic acids is 1. The maximum absolute atomic E-state index is 12.4. The molecule has 5 nitrogen and oxygen atoms in total. The second-order valence-electron chi connectivity index (χ2n) is 6.56. The van der Waals surface area contributed by atoms with Crippen LogP contribution in [-0.4, -0.2) is 22.4 Å². The van der Waals surface area contributed by atoms with Gasteiger partial charge in [-0.3, -0.25) is 4.79 Å². The van der Waals surface area contributed by atoms with Crippen LogP contribution in [0.3, 0.4) is 0 Å². The maximum Gasteiger partial charge on any atom is 0.270 e. The molecule has 1 N–H and O–H groups in total. The van der Waals surface area contributed by atoms with Crippen LogP contribution in [0.2, 0.25) is 10.0 Å². The van der Waals surface area contributed by atoms with Gasteiger partial charge >= 0.3 is 0 Å². The summed E-state index contributed by atoms with van der Waals surface area (Å²) in [5, 5.41) is 7.26. The van der Waals surface area contributed by atoms with Crippen molar-refractivity contribution in [2.24, 2.45) is 0 Å². The van der Waals surface area contributed by atoms with E-state index in [0.717, 1.165) is 27.2 Å². The fourth-order valence-corrected chi connectivity index (χ4v) is 4.98. The smallest absolute Gasteiger partial charge is 0.270 e. The first-order valence-electron chi connectivity index (χ1n) is 9.15. The first kappa shape index (κ1) is 21.2. The number of hydrogen-bond donors (Lipinski definition) is 1. The largest absolute Gasteiger partial charge is 0.431 e. The molecule has 0 saturated carbocycles. The van der Waals surface area contributed by atoms with Crippen molar-refractivity contribution in [3.8, 4) is 0 Å². The third kappa shape index (κ3) is 4.98. The summed E-state index contributed by atoms with van der Waals surface area (Å²) in [6.45, 7) is 2.47. The summed E-state index contributed by atoms with van der Waals surface area (Å²) < 4.78 is 5.77. The Balaban J connectivity index is 1.30. The van der Waals surface area contributed by atoms with E-state index in [4.69, 9.17) is 27.6 Å². The van der Waals surface area contributed by atoms with Gasteiger partial charge in [0.25, 0.3) is 11.1 Å². The number of thioether (sulfide) groups is 1. The van der Waals surface area contributed by atoms with E-state index in [-0.39, 0.29) is 5.91 Å². The van der Waals surface area contributed by atoms with Crippen molar-refractivity contribution in [3.63, 3.8) is 0 Å². The van der Waals surface area contributed by atoms with E-state index >= 15 is 0 Å². The van der Waals surface area contributed by atoms with Crippen LogP contribution in [0.25, 0.3) is 11.1 Å². The van der Waals surface area contributed by atoms with Crippen molar-refractivity contribution in [2.45, 2.75) is 24.3 Å². The van der Waals surface area contributed by atoms with Gasteiger partial charge in [-0.25, -0.2) is 9.97 Å². The number of aromatic nitrogens is 2. The molecule has 30 heavy (non-hydrogen) atoms. The lowest BCUT2D eigenvalue weighted by atomic mass is 10.1. The summed E-state index contributed by atoms with van der Waals surface area (Å²) in [5.74, 6) is 0.384. The first-order valence-corrected chi connectivity index (χ1v) is 11.8. The van der Waals surface area contributed by atoms with Crippen molar-refractivity contribution >= 4 is 63.3 Å². The standard InChI is InChI=1S/C21H17Cl2N3O2S2/c1-12-3-2-4-17-19(12)26-21(28-17)30-11-18-25-16(10-29-18)20(27)24-8-7-13-5-6-14(22)9-15(13)23/h2-6,9-10H,7-8,11H2,1H3,(H,24,27). The number of nitrogens with one attached hydrogen (secondary N) is 1. The number of oxazole rings is 1. The molecule has 0 bridgehead atoms. The monoisotopic (exact) mass is 477 g/mol. The van der Waals surface area contributed by atoms with Crippen LogP contribution in [-0.2, 0) is 12.2 Å². The zero-order valence-corrected chi connectivity index (χ0v) is 19.1. The van der Waals surface area contributed by atoms with Crippen LogP contribution in [0, 0.1) is 6.92 Å². The van der Waals surface area contributed by atoms with Gasteiger partial charge in [0, 0.05) is 22.0 Å². The van der Waals surface area contributed by atoms with Gasteiger partial charge in [0.1, 0.15) is 16.2 Å². The Morgan fingerprint density at radius 2 is 2.10 bits per heavy atom. The van der Waals surface area contributed by atoms with Gasteiger partial charge in [-0.05, 0) is 42.7 Å². The highest BCUT2D eigenvalue weighted by Crippen LogP contribution is 2.28. The van der Waals surface area contributed by atoms with Gasteiger partial charge in [0.15, 0.2) is 5.58 Å². The molecule has 9 heteroatoms. The normalized spacial score (nSPS) is 11.2. The molecule has 4 aromatic rings. The summed E-state index contributed by atoms with van der Waals surface area (Å²) in [4.78, 5) is 21.3. The first-order chi connectivity index (χ1) is 14.5. The molecule has 2 heterocycles. The quantitative estimate of drug-likeness (QED) is 0.322. The molecule has 2 aromatic heterocycles. The van der Waals surface area contributed by atoms with Crippen molar-refractivity contribution in [2.75, 3.05) is 6.54 Å². The SMILES string of the molecule is Cc1cccc2oc(SCc3nc(C(=O)NCCc4ccc(Cl)cc4Cl)cs3)nc12. The molecule has 0 unspecified atom stereocenters. The Hall–Kier alpha value is -2.06. The minimum atomic E-state index is -0.204. The van der Waals surface area contributed by atoms with Crippen LogP contribution in [0.15, 0.2) is 51.4 Å². The number of hydrogen-bond acceptors (Lipinski definition) is 6. The summed E-state index contributed by atoms with van der Waals surface area (Å²) >= 11 is 15.0. The van der Waals surface area contributed by atoms with Gasteiger partial charge in [0.2, 0.25) is 0 Å². The minimum Gasteiger partial charge on any atom is -0.431 e. The lowest BCUT2D eigenvalue weighted by molar-refractivity contribution is 0.0949. The number of nitrogens with zero attached hydrogens (tertiary/aromatic N) is 2. The van der Waals surface area contributed by atoms with Crippen LogP contribution in [0.5, 0.6) is 0 Å². The molecular weight excluding hydrogens is 461 g/mol. The number of fused-ring (bicyclic) bond motifs is 1. The Morgan fingerprint density at radius 1 is 1.23 bits per heavy atom. The number of amides is 1. The van der Waals surface area contributed by atoms with Crippen LogP contribution < -0.4 is 5.32 Å². The van der Waals surface area contributed by atoms with Gasteiger partial charge in [-0.15, -0.1) is 11.3 Å². The van der Waals surface area contributed by atoms with Crippen molar-refractivity contribution in [1.82, 2.24) is 15.3 Å². The molecule has 0 atom stereocenters. The summed E-state index contributed by atoms with van der Waals surface area (Å²) in [5.41, 5.74) is 4.07. The zero-order chi connectivity index (χ0) is 21.1. The van der Waals surface area contributed by atoms with E-state index < -0.39 is 0 Å². The topological polar surface area (TPSA) is 68.0 Å². The van der Waals surface area contributed by atoms with Crippen LogP contribution in [0.4, 0.5) is 0 Å². The van der Waals surface area contributed by atoms with E-state index in [2.05, 4.69) is 15.3 Å². The number of thiazole rings is 1. The number of halogens is 2. The third-order valence-corrected chi connectivity index (χ3v) is 6.86. The lowest BCUT2D eigenvalue weighted by Gasteiger charge is -2.06. The van der Waals surface area contributed by atoms with E-state index in [1.165, 1.54) is 23.1 Å². The molecule has 0 aliphatic carbocycles. The second kappa shape index (κ2) is 9.39. The predicted octanol–water partition coefficient (Wildman–Crippen LogP) is 6.16. The molecule has 154 valence electrons. The Kier molecular flexibility index (Phi) is 6.63. The van der Waals surface area contributed by atoms with E-state index in [9.17, 15) is 4.79 Å². The fourth-order valence-electron chi connectivity index (χ4n) is 2.86. The molecule has 0 fully saturated rings. The van der Waals surface area contributed by atoms with Crippen LogP contribution in [0.1, 0.15) is 26.6 Å². The van der Waals surface area contributed by atoms with E-state index in [1.807, 2.05) is 31.2 Å². The number of para-hydroxylation sites is 1. The van der Waals surface area contributed by atoms with Gasteiger partial charge in [-0.1, -0.05) is 53.2 Å². The highest BCUT2D eigenvalue weighted by Gasteiger charge is 2.13. The summed E-state index contributed by atoms with van der Waals surface area (Å²) in [7, 11) is 0. The fraction of sp³-hybridized carbons (Fsp3) is 0.190.